The van der Waals surface area contributed by atoms with Gasteiger partial charge in [-0.2, -0.15) is 0 Å². The maximum Gasteiger partial charge on any atom is 0.243 e. The van der Waals surface area contributed by atoms with Crippen molar-refractivity contribution in [2.45, 2.75) is 25.8 Å². The molecule has 1 atom stereocenters. The van der Waals surface area contributed by atoms with Crippen molar-refractivity contribution < 1.29 is 13.9 Å². The van der Waals surface area contributed by atoms with Crippen molar-refractivity contribution in [1.29, 1.82) is 0 Å². The summed E-state index contributed by atoms with van der Waals surface area (Å²) in [5.41, 5.74) is 3.07. The summed E-state index contributed by atoms with van der Waals surface area (Å²) >= 11 is 0. The molecule has 7 heteroatoms. The number of guanidine groups is 1. The minimum absolute atomic E-state index is 0.0446. The summed E-state index contributed by atoms with van der Waals surface area (Å²) in [6.45, 7) is 3.19. The normalized spacial score (nSPS) is 15.7. The molecular formula is C23H29FN4O2. The van der Waals surface area contributed by atoms with Crippen molar-refractivity contribution in [3.05, 3.63) is 65.0 Å². The highest BCUT2D eigenvalue weighted by Gasteiger charge is 2.22. The number of nitrogens with one attached hydrogen (secondary N) is 2. The molecule has 2 N–H and O–H groups in total. The maximum atomic E-state index is 13.3. The molecule has 0 aromatic heterocycles. The van der Waals surface area contributed by atoms with Crippen LogP contribution in [0, 0.1) is 12.7 Å². The fourth-order valence-electron chi connectivity index (χ4n) is 3.35. The highest BCUT2D eigenvalue weighted by Crippen LogP contribution is 2.31. The summed E-state index contributed by atoms with van der Waals surface area (Å²) in [5.74, 6) is 1.14. The Morgan fingerprint density at radius 2 is 2.07 bits per heavy atom. The molecule has 1 aliphatic rings. The third-order valence-electron chi connectivity index (χ3n) is 5.13. The van der Waals surface area contributed by atoms with Crippen LogP contribution in [0.5, 0.6) is 5.75 Å². The zero-order valence-corrected chi connectivity index (χ0v) is 17.7. The Bertz CT molecular complexity index is 914. The van der Waals surface area contributed by atoms with Crippen LogP contribution in [0.1, 0.15) is 29.2 Å². The number of benzene rings is 2. The van der Waals surface area contributed by atoms with E-state index in [1.54, 1.807) is 20.2 Å². The number of aryl methyl sites for hydroxylation is 1. The zero-order chi connectivity index (χ0) is 21.5. The van der Waals surface area contributed by atoms with Crippen molar-refractivity contribution in [1.82, 2.24) is 15.5 Å². The molecule has 6 nitrogen and oxygen atoms in total. The van der Waals surface area contributed by atoms with Crippen LogP contribution in [0.3, 0.4) is 0 Å². The Labute approximate surface area is 177 Å². The van der Waals surface area contributed by atoms with E-state index in [0.717, 1.165) is 35.3 Å². The van der Waals surface area contributed by atoms with E-state index in [0.29, 0.717) is 19.1 Å². The molecule has 1 aliphatic heterocycles. The first kappa shape index (κ1) is 21.6. The number of amides is 1. The molecule has 160 valence electrons. The lowest BCUT2D eigenvalue weighted by molar-refractivity contribution is -0.127. The first-order valence-corrected chi connectivity index (χ1v) is 10.2. The number of carbonyl (C=O) groups is 1. The lowest BCUT2D eigenvalue weighted by atomic mass is 10.0. The molecule has 2 aromatic carbocycles. The Morgan fingerprint density at radius 1 is 1.27 bits per heavy atom. The number of aliphatic imine (C=N–C) groups is 1. The molecule has 0 saturated carbocycles. The number of carbonyl (C=O) groups excluding carboxylic acids is 1. The monoisotopic (exact) mass is 412 g/mol. The quantitative estimate of drug-likeness (QED) is 0.566. The zero-order valence-electron chi connectivity index (χ0n) is 17.7. The predicted molar refractivity (Wildman–Crippen MR) is 116 cm³/mol. The molecule has 30 heavy (non-hydrogen) atoms. The van der Waals surface area contributed by atoms with Gasteiger partial charge in [-0.15, -0.1) is 0 Å². The molecule has 0 bridgehead atoms. The molecule has 3 rings (SSSR count). The van der Waals surface area contributed by atoms with E-state index in [1.807, 2.05) is 31.2 Å². The molecule has 1 heterocycles. The SMILES string of the molecule is Cc1cc(F)ccc1CCNC(=NCC(=O)N(C)C)NC1CCOc2ccccc21. The van der Waals surface area contributed by atoms with Gasteiger partial charge >= 0.3 is 0 Å². The number of rotatable bonds is 6. The second-order valence-corrected chi connectivity index (χ2v) is 7.57. The standard InChI is InChI=1S/C23H29FN4O2/c1-16-14-18(24)9-8-17(16)10-12-25-23(26-15-22(29)28(2)3)27-20-11-13-30-21-7-5-4-6-19(20)21/h4-9,14,20H,10-13,15H2,1-3H3,(H2,25,26,27). The van der Waals surface area contributed by atoms with E-state index in [4.69, 9.17) is 4.74 Å². The van der Waals surface area contributed by atoms with Gasteiger partial charge in [-0.1, -0.05) is 24.3 Å². The van der Waals surface area contributed by atoms with E-state index in [2.05, 4.69) is 15.6 Å². The highest BCUT2D eigenvalue weighted by molar-refractivity contribution is 5.85. The summed E-state index contributed by atoms with van der Waals surface area (Å²) < 4.78 is 19.1. The Balaban J connectivity index is 1.69. The minimum atomic E-state index is -0.228. The summed E-state index contributed by atoms with van der Waals surface area (Å²) in [5, 5.41) is 6.76. The van der Waals surface area contributed by atoms with Crippen molar-refractivity contribution in [3.63, 3.8) is 0 Å². The van der Waals surface area contributed by atoms with Crippen LogP contribution >= 0.6 is 0 Å². The number of halogens is 1. The van der Waals surface area contributed by atoms with E-state index in [9.17, 15) is 9.18 Å². The van der Waals surface area contributed by atoms with Crippen molar-refractivity contribution in [2.24, 2.45) is 4.99 Å². The minimum Gasteiger partial charge on any atom is -0.493 e. The highest BCUT2D eigenvalue weighted by atomic mass is 19.1. The van der Waals surface area contributed by atoms with E-state index in [-0.39, 0.29) is 24.3 Å². The Morgan fingerprint density at radius 3 is 2.83 bits per heavy atom. The number of ether oxygens (including phenoxy) is 1. The summed E-state index contributed by atoms with van der Waals surface area (Å²) in [6, 6.07) is 12.8. The van der Waals surface area contributed by atoms with Crippen molar-refractivity contribution in [2.75, 3.05) is 33.8 Å². The summed E-state index contributed by atoms with van der Waals surface area (Å²) in [6.07, 6.45) is 1.52. The predicted octanol–water partition coefficient (Wildman–Crippen LogP) is 2.82. The summed E-state index contributed by atoms with van der Waals surface area (Å²) in [4.78, 5) is 18.0. The number of para-hydroxylation sites is 1. The van der Waals surface area contributed by atoms with Crippen molar-refractivity contribution in [3.8, 4) is 5.75 Å². The fourth-order valence-corrected chi connectivity index (χ4v) is 3.35. The fraction of sp³-hybridized carbons (Fsp3) is 0.391. The number of likely N-dealkylation sites (N-methyl/N-ethyl adjacent to an activating group) is 1. The van der Waals surface area contributed by atoms with E-state index in [1.165, 1.54) is 17.0 Å². The number of nitrogens with zero attached hydrogens (tertiary/aromatic N) is 2. The maximum absolute atomic E-state index is 13.3. The smallest absolute Gasteiger partial charge is 0.243 e. The topological polar surface area (TPSA) is 66.0 Å². The van der Waals surface area contributed by atoms with Crippen LogP contribution in [0.4, 0.5) is 4.39 Å². The first-order chi connectivity index (χ1) is 14.4. The van der Waals surface area contributed by atoms with Crippen LogP contribution in [-0.4, -0.2) is 50.6 Å². The van der Waals surface area contributed by atoms with E-state index < -0.39 is 0 Å². The first-order valence-electron chi connectivity index (χ1n) is 10.2. The molecule has 0 spiro atoms. The van der Waals surface area contributed by atoms with E-state index >= 15 is 0 Å². The average molecular weight is 413 g/mol. The second kappa shape index (κ2) is 10.1. The van der Waals surface area contributed by atoms with Gasteiger partial charge in [-0.05, 0) is 42.7 Å². The van der Waals surface area contributed by atoms with Gasteiger partial charge < -0.3 is 20.3 Å². The van der Waals surface area contributed by atoms with Gasteiger partial charge in [-0.25, -0.2) is 9.38 Å². The molecule has 1 amide bonds. The molecule has 0 radical (unpaired) electrons. The lowest BCUT2D eigenvalue weighted by Gasteiger charge is -2.28. The lowest BCUT2D eigenvalue weighted by Crippen LogP contribution is -2.42. The van der Waals surface area contributed by atoms with Gasteiger partial charge in [0.2, 0.25) is 5.91 Å². The van der Waals surface area contributed by atoms with Gasteiger partial charge in [-0.3, -0.25) is 4.79 Å². The molecule has 0 aliphatic carbocycles. The third kappa shape index (κ3) is 5.72. The molecule has 0 fully saturated rings. The Hall–Kier alpha value is -3.09. The van der Waals surface area contributed by atoms with Crippen molar-refractivity contribution >= 4 is 11.9 Å². The average Bonchev–Trinajstić information content (AvgIpc) is 2.73. The third-order valence-corrected chi connectivity index (χ3v) is 5.13. The second-order valence-electron chi connectivity index (χ2n) is 7.57. The molecule has 2 aromatic rings. The molecular weight excluding hydrogens is 383 g/mol. The van der Waals surface area contributed by atoms with Crippen LogP contribution < -0.4 is 15.4 Å². The van der Waals surface area contributed by atoms with Crippen LogP contribution in [0.25, 0.3) is 0 Å². The molecule has 0 saturated heterocycles. The number of fused-ring (bicyclic) bond motifs is 1. The van der Waals surface area contributed by atoms with Gasteiger partial charge in [0.1, 0.15) is 18.1 Å². The van der Waals surface area contributed by atoms with Crippen LogP contribution in [-0.2, 0) is 11.2 Å². The molecule has 1 unspecified atom stereocenters. The largest absolute Gasteiger partial charge is 0.493 e. The van der Waals surface area contributed by atoms with Gasteiger partial charge in [0.15, 0.2) is 5.96 Å². The Kier molecular flexibility index (Phi) is 7.27. The van der Waals surface area contributed by atoms with Gasteiger partial charge in [0, 0.05) is 32.6 Å². The van der Waals surface area contributed by atoms with Gasteiger partial charge in [0.25, 0.3) is 0 Å². The number of hydrogen-bond acceptors (Lipinski definition) is 3. The summed E-state index contributed by atoms with van der Waals surface area (Å²) in [7, 11) is 3.43. The number of hydrogen-bond donors (Lipinski definition) is 2. The van der Waals surface area contributed by atoms with Crippen LogP contribution in [0.2, 0.25) is 0 Å². The van der Waals surface area contributed by atoms with Crippen LogP contribution in [0.15, 0.2) is 47.5 Å². The van der Waals surface area contributed by atoms with Gasteiger partial charge in [0.05, 0.1) is 12.6 Å².